The molecule has 0 aliphatic heterocycles. The Morgan fingerprint density at radius 2 is 2.12 bits per heavy atom. The van der Waals surface area contributed by atoms with Gasteiger partial charge in [0.1, 0.15) is 6.10 Å². The van der Waals surface area contributed by atoms with E-state index < -0.39 is 5.97 Å². The van der Waals surface area contributed by atoms with Gasteiger partial charge < -0.3 is 10.5 Å². The molecule has 5 heteroatoms. The number of H-pyrrole nitrogens is 1. The molecule has 5 nitrogen and oxygen atoms in total. The Hall–Kier alpha value is -2.30. The van der Waals surface area contributed by atoms with E-state index in [1.165, 1.54) is 6.20 Å². The summed E-state index contributed by atoms with van der Waals surface area (Å²) in [6, 6.07) is 9.49. The number of rotatable bonds is 3. The minimum atomic E-state index is -0.503. The van der Waals surface area contributed by atoms with E-state index in [4.69, 9.17) is 10.5 Å². The predicted octanol–water partition coefficient (Wildman–Crippen LogP) is 1.91. The van der Waals surface area contributed by atoms with Crippen molar-refractivity contribution in [3.8, 4) is 0 Å². The number of ether oxygens (including phenoxy) is 1. The molecule has 1 atom stereocenters. The van der Waals surface area contributed by atoms with Gasteiger partial charge in [0.05, 0.1) is 11.9 Å². The lowest BCUT2D eigenvalue weighted by Crippen LogP contribution is -2.11. The van der Waals surface area contributed by atoms with E-state index in [1.54, 1.807) is 6.92 Å². The van der Waals surface area contributed by atoms with Crippen LogP contribution in [0, 0.1) is 0 Å². The number of anilines is 1. The van der Waals surface area contributed by atoms with Crippen LogP contribution in [0.4, 0.5) is 5.69 Å². The highest BCUT2D eigenvalue weighted by atomic mass is 16.5. The summed E-state index contributed by atoms with van der Waals surface area (Å²) in [7, 11) is 0. The molecular formula is C12H13N3O2. The third-order valence-corrected chi connectivity index (χ3v) is 2.43. The first-order chi connectivity index (χ1) is 8.18. The topological polar surface area (TPSA) is 81.0 Å². The third-order valence-electron chi connectivity index (χ3n) is 2.43. The molecule has 2 aromatic rings. The molecule has 0 aliphatic rings. The number of carbonyl (C=O) groups is 1. The number of nitrogens with zero attached hydrogens (tertiary/aromatic N) is 1. The minimum absolute atomic E-state index is 0.188. The van der Waals surface area contributed by atoms with Crippen LogP contribution in [-0.2, 0) is 4.74 Å². The molecule has 1 aromatic carbocycles. The zero-order valence-electron chi connectivity index (χ0n) is 9.38. The second-order valence-electron chi connectivity index (χ2n) is 3.66. The average molecular weight is 231 g/mol. The van der Waals surface area contributed by atoms with Crippen LogP contribution in [0.2, 0.25) is 0 Å². The summed E-state index contributed by atoms with van der Waals surface area (Å²) in [5, 5.41) is 6.18. The Bertz CT molecular complexity index is 507. The van der Waals surface area contributed by atoms with Gasteiger partial charge in [-0.3, -0.25) is 5.10 Å². The second-order valence-corrected chi connectivity index (χ2v) is 3.66. The molecule has 0 amide bonds. The summed E-state index contributed by atoms with van der Waals surface area (Å²) >= 11 is 0. The SMILES string of the molecule is CC(OC(=O)c1[nH]ncc1N)c1ccccc1. The van der Waals surface area contributed by atoms with Crippen LogP contribution in [0.25, 0.3) is 0 Å². The summed E-state index contributed by atoms with van der Waals surface area (Å²) in [5.74, 6) is -0.503. The Morgan fingerprint density at radius 1 is 1.41 bits per heavy atom. The molecule has 1 heterocycles. The van der Waals surface area contributed by atoms with Crippen LogP contribution in [0.3, 0.4) is 0 Å². The monoisotopic (exact) mass is 231 g/mol. The fourth-order valence-corrected chi connectivity index (χ4v) is 1.47. The normalized spacial score (nSPS) is 12.1. The number of nitrogens with two attached hydrogens (primary N) is 1. The smallest absolute Gasteiger partial charge is 0.359 e. The van der Waals surface area contributed by atoms with Crippen molar-refractivity contribution in [3.63, 3.8) is 0 Å². The van der Waals surface area contributed by atoms with Crippen molar-refractivity contribution >= 4 is 11.7 Å². The van der Waals surface area contributed by atoms with Gasteiger partial charge in [-0.25, -0.2) is 4.79 Å². The van der Waals surface area contributed by atoms with E-state index >= 15 is 0 Å². The van der Waals surface area contributed by atoms with Crippen molar-refractivity contribution in [1.82, 2.24) is 10.2 Å². The number of aromatic nitrogens is 2. The Labute approximate surface area is 98.6 Å². The minimum Gasteiger partial charge on any atom is -0.453 e. The lowest BCUT2D eigenvalue weighted by Gasteiger charge is -2.12. The first kappa shape index (κ1) is 11.2. The molecular weight excluding hydrogens is 218 g/mol. The van der Waals surface area contributed by atoms with Gasteiger partial charge in [0.2, 0.25) is 0 Å². The van der Waals surface area contributed by atoms with E-state index in [0.29, 0.717) is 0 Å². The number of nitrogens with one attached hydrogen (secondary N) is 1. The predicted molar refractivity (Wildman–Crippen MR) is 63.3 cm³/mol. The van der Waals surface area contributed by atoms with Crippen molar-refractivity contribution in [3.05, 3.63) is 47.8 Å². The average Bonchev–Trinajstić information content (AvgIpc) is 2.76. The number of hydrogen-bond donors (Lipinski definition) is 2. The van der Waals surface area contributed by atoms with Gasteiger partial charge in [0, 0.05) is 0 Å². The fourth-order valence-electron chi connectivity index (χ4n) is 1.47. The molecule has 17 heavy (non-hydrogen) atoms. The number of esters is 1. The molecule has 0 saturated carbocycles. The van der Waals surface area contributed by atoms with E-state index in [2.05, 4.69) is 10.2 Å². The van der Waals surface area contributed by atoms with Gasteiger partial charge in [0.15, 0.2) is 5.69 Å². The van der Waals surface area contributed by atoms with Gasteiger partial charge in [-0.15, -0.1) is 0 Å². The fraction of sp³-hybridized carbons (Fsp3) is 0.167. The van der Waals surface area contributed by atoms with Gasteiger partial charge in [-0.2, -0.15) is 5.10 Å². The molecule has 1 unspecified atom stereocenters. The number of aromatic amines is 1. The zero-order chi connectivity index (χ0) is 12.3. The molecule has 0 radical (unpaired) electrons. The maximum atomic E-state index is 11.7. The van der Waals surface area contributed by atoms with E-state index in [9.17, 15) is 4.79 Å². The molecule has 0 saturated heterocycles. The largest absolute Gasteiger partial charge is 0.453 e. The number of benzene rings is 1. The Balaban J connectivity index is 2.08. The summed E-state index contributed by atoms with van der Waals surface area (Å²) in [6.45, 7) is 1.81. The van der Waals surface area contributed by atoms with Crippen LogP contribution in [0.5, 0.6) is 0 Å². The van der Waals surface area contributed by atoms with E-state index in [-0.39, 0.29) is 17.5 Å². The molecule has 0 spiro atoms. The molecule has 3 N–H and O–H groups in total. The van der Waals surface area contributed by atoms with Crippen molar-refractivity contribution in [2.75, 3.05) is 5.73 Å². The van der Waals surface area contributed by atoms with Crippen LogP contribution in [-0.4, -0.2) is 16.2 Å². The maximum absolute atomic E-state index is 11.7. The highest BCUT2D eigenvalue weighted by molar-refractivity contribution is 5.92. The molecule has 0 aliphatic carbocycles. The number of hydrogen-bond acceptors (Lipinski definition) is 4. The van der Waals surface area contributed by atoms with Crippen LogP contribution < -0.4 is 5.73 Å². The van der Waals surface area contributed by atoms with Crippen LogP contribution in [0.15, 0.2) is 36.5 Å². The van der Waals surface area contributed by atoms with Crippen molar-refractivity contribution in [2.45, 2.75) is 13.0 Å². The van der Waals surface area contributed by atoms with Crippen molar-refractivity contribution in [2.24, 2.45) is 0 Å². The molecule has 0 fully saturated rings. The highest BCUT2D eigenvalue weighted by Crippen LogP contribution is 2.19. The van der Waals surface area contributed by atoms with Gasteiger partial charge in [-0.1, -0.05) is 30.3 Å². The first-order valence-corrected chi connectivity index (χ1v) is 5.23. The molecule has 88 valence electrons. The standard InChI is InChI=1S/C12H13N3O2/c1-8(9-5-3-2-4-6-9)17-12(16)11-10(13)7-14-15-11/h2-8H,13H2,1H3,(H,14,15). The Morgan fingerprint density at radius 3 is 2.71 bits per heavy atom. The van der Waals surface area contributed by atoms with Gasteiger partial charge in [0.25, 0.3) is 0 Å². The van der Waals surface area contributed by atoms with E-state index in [0.717, 1.165) is 5.56 Å². The number of nitrogen functional groups attached to an aromatic ring is 1. The molecule has 2 rings (SSSR count). The third kappa shape index (κ3) is 2.44. The van der Waals surface area contributed by atoms with Crippen molar-refractivity contribution < 1.29 is 9.53 Å². The summed E-state index contributed by atoms with van der Waals surface area (Å²) < 4.78 is 5.27. The molecule has 1 aromatic heterocycles. The highest BCUT2D eigenvalue weighted by Gasteiger charge is 2.17. The lowest BCUT2D eigenvalue weighted by atomic mass is 10.1. The maximum Gasteiger partial charge on any atom is 0.359 e. The molecule has 0 bridgehead atoms. The van der Waals surface area contributed by atoms with Gasteiger partial charge in [-0.05, 0) is 12.5 Å². The first-order valence-electron chi connectivity index (χ1n) is 5.23. The van der Waals surface area contributed by atoms with Crippen LogP contribution in [0.1, 0.15) is 29.1 Å². The lowest BCUT2D eigenvalue weighted by molar-refractivity contribution is 0.0332. The number of carbonyl (C=O) groups excluding carboxylic acids is 1. The zero-order valence-corrected chi connectivity index (χ0v) is 9.38. The van der Waals surface area contributed by atoms with Crippen LogP contribution >= 0.6 is 0 Å². The summed E-state index contributed by atoms with van der Waals surface area (Å²) in [5.41, 5.74) is 6.97. The second kappa shape index (κ2) is 4.69. The van der Waals surface area contributed by atoms with E-state index in [1.807, 2.05) is 30.3 Å². The quantitative estimate of drug-likeness (QED) is 0.790. The van der Waals surface area contributed by atoms with Gasteiger partial charge >= 0.3 is 5.97 Å². The summed E-state index contributed by atoms with van der Waals surface area (Å²) in [4.78, 5) is 11.7. The Kier molecular flexibility index (Phi) is 3.09. The van der Waals surface area contributed by atoms with Crippen molar-refractivity contribution in [1.29, 1.82) is 0 Å². The summed E-state index contributed by atoms with van der Waals surface area (Å²) in [6.07, 6.45) is 1.05.